The van der Waals surface area contributed by atoms with Crippen molar-refractivity contribution in [3.8, 4) is 0 Å². The van der Waals surface area contributed by atoms with Gasteiger partial charge in [0, 0.05) is 0 Å². The van der Waals surface area contributed by atoms with E-state index >= 15 is 0 Å². The van der Waals surface area contributed by atoms with Crippen LogP contribution in [-0.4, -0.2) is 11.1 Å². The van der Waals surface area contributed by atoms with Gasteiger partial charge >= 0.3 is 5.97 Å². The molecule has 0 aromatic heterocycles. The molecule has 0 saturated heterocycles. The molecule has 12 heavy (non-hydrogen) atoms. The van der Waals surface area contributed by atoms with E-state index in [1.807, 2.05) is 0 Å². The molecule has 1 rings (SSSR count). The summed E-state index contributed by atoms with van der Waals surface area (Å²) < 4.78 is 0. The molecule has 1 N–H and O–H groups in total. The third-order valence-electron chi connectivity index (χ3n) is 2.79. The number of hydrogen-bond donors (Lipinski definition) is 1. The van der Waals surface area contributed by atoms with Crippen molar-refractivity contribution in [2.45, 2.75) is 33.6 Å². The topological polar surface area (TPSA) is 37.3 Å². The van der Waals surface area contributed by atoms with E-state index in [2.05, 4.69) is 26.8 Å². The number of rotatable bonds is 2. The van der Waals surface area contributed by atoms with Gasteiger partial charge in [-0.2, -0.15) is 0 Å². The summed E-state index contributed by atoms with van der Waals surface area (Å²) in [6.45, 7) is 6.49. The summed E-state index contributed by atoms with van der Waals surface area (Å²) in [6, 6.07) is 0. The lowest BCUT2D eigenvalue weighted by molar-refractivity contribution is -0.136. The summed E-state index contributed by atoms with van der Waals surface area (Å²) >= 11 is 0. The van der Waals surface area contributed by atoms with Crippen molar-refractivity contribution in [3.63, 3.8) is 0 Å². The second-order valence-corrected chi connectivity index (χ2v) is 4.30. The van der Waals surface area contributed by atoms with Crippen molar-refractivity contribution in [1.82, 2.24) is 0 Å². The molecule has 0 heterocycles. The number of aliphatic carboxylic acids is 1. The molecule has 0 saturated carbocycles. The summed E-state index contributed by atoms with van der Waals surface area (Å²) in [5, 5.41) is 8.59. The van der Waals surface area contributed by atoms with E-state index in [1.165, 1.54) is 0 Å². The molecule has 68 valence electrons. The van der Waals surface area contributed by atoms with E-state index < -0.39 is 5.97 Å². The molecule has 0 aromatic carbocycles. The van der Waals surface area contributed by atoms with E-state index in [0.717, 1.165) is 12.0 Å². The Balaban J connectivity index is 2.66. The third kappa shape index (κ3) is 1.87. The van der Waals surface area contributed by atoms with Crippen LogP contribution in [0.1, 0.15) is 33.6 Å². The molecule has 0 aromatic rings. The third-order valence-corrected chi connectivity index (χ3v) is 2.79. The zero-order chi connectivity index (χ0) is 9.35. The number of carboxylic acid groups (broad SMARTS) is 1. The van der Waals surface area contributed by atoms with Crippen molar-refractivity contribution in [2.24, 2.45) is 11.3 Å². The average Bonchev–Trinajstić information content (AvgIpc) is 2.04. The van der Waals surface area contributed by atoms with Gasteiger partial charge in [0.25, 0.3) is 0 Å². The molecular weight excluding hydrogens is 152 g/mol. The Hall–Kier alpha value is -0.790. The highest BCUT2D eigenvalue weighted by Gasteiger charge is 2.30. The number of hydrogen-bond acceptors (Lipinski definition) is 1. The van der Waals surface area contributed by atoms with E-state index in [-0.39, 0.29) is 11.8 Å². The smallest absolute Gasteiger partial charge is 0.307 e. The van der Waals surface area contributed by atoms with Crippen LogP contribution in [0, 0.1) is 11.3 Å². The maximum atomic E-state index is 10.4. The predicted molar refractivity (Wildman–Crippen MR) is 47.9 cm³/mol. The molecule has 0 spiro atoms. The minimum atomic E-state index is -0.717. The van der Waals surface area contributed by atoms with Crippen molar-refractivity contribution in [3.05, 3.63) is 11.6 Å². The quantitative estimate of drug-likeness (QED) is 0.643. The zero-order valence-corrected chi connectivity index (χ0v) is 7.92. The molecule has 0 fully saturated rings. The number of allylic oxidation sites excluding steroid dienone is 1. The van der Waals surface area contributed by atoms with Crippen LogP contribution in [0.3, 0.4) is 0 Å². The van der Waals surface area contributed by atoms with Crippen molar-refractivity contribution in [2.75, 3.05) is 0 Å². The van der Waals surface area contributed by atoms with Crippen LogP contribution in [0.5, 0.6) is 0 Å². The average molecular weight is 168 g/mol. The molecule has 2 nitrogen and oxygen atoms in total. The molecule has 0 aliphatic heterocycles. The molecule has 1 aliphatic rings. The predicted octanol–water partition coefficient (Wildman–Crippen LogP) is 2.45. The summed E-state index contributed by atoms with van der Waals surface area (Å²) in [6.07, 6.45) is 3.28. The van der Waals surface area contributed by atoms with Crippen LogP contribution in [0.25, 0.3) is 0 Å². The van der Waals surface area contributed by atoms with Gasteiger partial charge in [0.15, 0.2) is 0 Å². The molecule has 2 heteroatoms. The summed E-state index contributed by atoms with van der Waals surface area (Å²) in [5.74, 6) is -0.141. The van der Waals surface area contributed by atoms with Crippen LogP contribution < -0.4 is 0 Å². The van der Waals surface area contributed by atoms with Crippen LogP contribution >= 0.6 is 0 Å². The van der Waals surface area contributed by atoms with Crippen molar-refractivity contribution >= 4 is 5.97 Å². The monoisotopic (exact) mass is 168 g/mol. The molecule has 0 radical (unpaired) electrons. The highest BCUT2D eigenvalue weighted by atomic mass is 16.4. The lowest BCUT2D eigenvalue weighted by Crippen LogP contribution is -2.12. The Morgan fingerprint density at radius 3 is 2.67 bits per heavy atom. The van der Waals surface area contributed by atoms with Gasteiger partial charge in [0.2, 0.25) is 0 Å². The van der Waals surface area contributed by atoms with Gasteiger partial charge in [-0.25, -0.2) is 0 Å². The van der Waals surface area contributed by atoms with Crippen LogP contribution in [0.4, 0.5) is 0 Å². The minimum absolute atomic E-state index is 0.185. The Labute approximate surface area is 73.3 Å². The molecule has 1 aliphatic carbocycles. The van der Waals surface area contributed by atoms with Gasteiger partial charge in [-0.15, -0.1) is 0 Å². The van der Waals surface area contributed by atoms with Gasteiger partial charge in [0.1, 0.15) is 0 Å². The second kappa shape index (κ2) is 2.92. The van der Waals surface area contributed by atoms with Gasteiger partial charge in [0.05, 0.1) is 6.42 Å². The normalized spacial score (nSPS) is 26.9. The Morgan fingerprint density at radius 2 is 2.33 bits per heavy atom. The molecule has 0 amide bonds. The van der Waals surface area contributed by atoms with Crippen molar-refractivity contribution in [1.29, 1.82) is 0 Å². The number of carbonyl (C=O) groups is 1. The highest BCUT2D eigenvalue weighted by molar-refractivity contribution is 5.70. The second-order valence-electron chi connectivity index (χ2n) is 4.30. The van der Waals surface area contributed by atoms with E-state index in [9.17, 15) is 4.79 Å². The minimum Gasteiger partial charge on any atom is -0.481 e. The first kappa shape index (κ1) is 9.30. The zero-order valence-electron chi connectivity index (χ0n) is 7.92. The standard InChI is InChI=1S/C10H16O2/c1-7-4-8(5-9(11)12)6-10(7,2)3/h6-7H,4-5H2,1-3H3,(H,11,12). The number of carboxylic acids is 1. The van der Waals surface area contributed by atoms with Crippen LogP contribution in [0.15, 0.2) is 11.6 Å². The fraction of sp³-hybridized carbons (Fsp3) is 0.700. The SMILES string of the molecule is CC1CC(CC(=O)O)=CC1(C)C. The Bertz CT molecular complexity index is 226. The van der Waals surface area contributed by atoms with Crippen LogP contribution in [0.2, 0.25) is 0 Å². The maximum absolute atomic E-state index is 10.4. The van der Waals surface area contributed by atoms with Crippen LogP contribution in [-0.2, 0) is 4.79 Å². The highest BCUT2D eigenvalue weighted by Crippen LogP contribution is 2.41. The molecular formula is C10H16O2. The summed E-state index contributed by atoms with van der Waals surface area (Å²) in [4.78, 5) is 10.4. The van der Waals surface area contributed by atoms with E-state index in [0.29, 0.717) is 5.92 Å². The first-order valence-corrected chi connectivity index (χ1v) is 4.34. The first-order chi connectivity index (χ1) is 5.42. The lowest BCUT2D eigenvalue weighted by Gasteiger charge is -2.21. The fourth-order valence-electron chi connectivity index (χ4n) is 1.70. The largest absolute Gasteiger partial charge is 0.481 e. The lowest BCUT2D eigenvalue weighted by atomic mass is 9.84. The first-order valence-electron chi connectivity index (χ1n) is 4.34. The van der Waals surface area contributed by atoms with Gasteiger partial charge in [-0.05, 0) is 17.8 Å². The molecule has 1 unspecified atom stereocenters. The maximum Gasteiger partial charge on any atom is 0.307 e. The van der Waals surface area contributed by atoms with Gasteiger partial charge in [-0.1, -0.05) is 32.4 Å². The molecule has 1 atom stereocenters. The van der Waals surface area contributed by atoms with E-state index in [1.54, 1.807) is 0 Å². The fourth-order valence-corrected chi connectivity index (χ4v) is 1.70. The van der Waals surface area contributed by atoms with E-state index in [4.69, 9.17) is 5.11 Å². The van der Waals surface area contributed by atoms with Gasteiger partial charge in [-0.3, -0.25) is 4.79 Å². The Kier molecular flexibility index (Phi) is 2.27. The Morgan fingerprint density at radius 1 is 1.75 bits per heavy atom. The molecule has 0 bridgehead atoms. The van der Waals surface area contributed by atoms with Crippen molar-refractivity contribution < 1.29 is 9.90 Å². The summed E-state index contributed by atoms with van der Waals surface area (Å²) in [5.41, 5.74) is 1.27. The summed E-state index contributed by atoms with van der Waals surface area (Å²) in [7, 11) is 0. The van der Waals surface area contributed by atoms with Gasteiger partial charge < -0.3 is 5.11 Å².